The molecule has 0 unspecified atom stereocenters. The van der Waals surface area contributed by atoms with Gasteiger partial charge in [0, 0.05) is 0 Å². The van der Waals surface area contributed by atoms with Crippen molar-refractivity contribution in [2.24, 2.45) is 0 Å². The van der Waals surface area contributed by atoms with E-state index in [0.29, 0.717) is 18.1 Å². The lowest BCUT2D eigenvalue weighted by Crippen LogP contribution is -2.25. The zero-order valence-electron chi connectivity index (χ0n) is 9.73. The highest BCUT2D eigenvalue weighted by atomic mass is 16.6. The fourth-order valence-electron chi connectivity index (χ4n) is 1.23. The largest absolute Gasteiger partial charge is 0.490 e. The first kappa shape index (κ1) is 12.4. The van der Waals surface area contributed by atoms with E-state index in [2.05, 4.69) is 4.74 Å². The van der Waals surface area contributed by atoms with Crippen LogP contribution in [-0.4, -0.2) is 25.8 Å². The molecule has 1 atom stereocenters. The van der Waals surface area contributed by atoms with Crippen molar-refractivity contribution < 1.29 is 19.0 Å². The molecule has 0 spiro atoms. The Labute approximate surface area is 95.1 Å². The van der Waals surface area contributed by atoms with Gasteiger partial charge in [-0.3, -0.25) is 0 Å². The molecule has 1 aromatic carbocycles. The maximum atomic E-state index is 11.2. The zero-order valence-corrected chi connectivity index (χ0v) is 9.73. The minimum absolute atomic E-state index is 0.411. The van der Waals surface area contributed by atoms with Crippen molar-refractivity contribution in [3.8, 4) is 11.5 Å². The normalized spacial score (nSPS) is 11.7. The highest BCUT2D eigenvalue weighted by Crippen LogP contribution is 2.27. The lowest BCUT2D eigenvalue weighted by atomic mass is 10.3. The third-order valence-corrected chi connectivity index (χ3v) is 1.99. The summed E-state index contributed by atoms with van der Waals surface area (Å²) < 4.78 is 15.4. The SMILES string of the molecule is CCOc1ccccc1O[C@H](C)C(=O)OC. The Hall–Kier alpha value is -1.71. The fourth-order valence-corrected chi connectivity index (χ4v) is 1.23. The van der Waals surface area contributed by atoms with E-state index < -0.39 is 12.1 Å². The third kappa shape index (κ3) is 3.15. The van der Waals surface area contributed by atoms with Gasteiger partial charge in [0.05, 0.1) is 13.7 Å². The van der Waals surface area contributed by atoms with E-state index in [4.69, 9.17) is 9.47 Å². The summed E-state index contributed by atoms with van der Waals surface area (Å²) in [6.45, 7) is 4.07. The topological polar surface area (TPSA) is 44.8 Å². The first-order valence-corrected chi connectivity index (χ1v) is 5.15. The summed E-state index contributed by atoms with van der Waals surface area (Å²) in [7, 11) is 1.33. The number of ether oxygens (including phenoxy) is 3. The standard InChI is InChI=1S/C12H16O4/c1-4-15-10-7-5-6-8-11(10)16-9(2)12(13)14-3/h5-9H,4H2,1-3H3/t9-/m1/s1. The molecule has 0 aromatic heterocycles. The molecule has 4 nitrogen and oxygen atoms in total. The second-order valence-electron chi connectivity index (χ2n) is 3.16. The number of hydrogen-bond donors (Lipinski definition) is 0. The Morgan fingerprint density at radius 1 is 1.31 bits per heavy atom. The van der Waals surface area contributed by atoms with Crippen LogP contribution >= 0.6 is 0 Å². The molecule has 0 N–H and O–H groups in total. The van der Waals surface area contributed by atoms with Gasteiger partial charge in [-0.15, -0.1) is 0 Å². The Morgan fingerprint density at radius 2 is 1.94 bits per heavy atom. The van der Waals surface area contributed by atoms with E-state index in [0.717, 1.165) is 0 Å². The summed E-state index contributed by atoms with van der Waals surface area (Å²) in [5, 5.41) is 0. The van der Waals surface area contributed by atoms with Crippen molar-refractivity contribution in [2.75, 3.05) is 13.7 Å². The summed E-state index contributed by atoms with van der Waals surface area (Å²) in [5.41, 5.74) is 0. The van der Waals surface area contributed by atoms with Gasteiger partial charge >= 0.3 is 5.97 Å². The molecule has 0 aliphatic rings. The maximum Gasteiger partial charge on any atom is 0.346 e. The van der Waals surface area contributed by atoms with Crippen molar-refractivity contribution in [1.82, 2.24) is 0 Å². The van der Waals surface area contributed by atoms with Crippen LogP contribution in [0.5, 0.6) is 11.5 Å². The van der Waals surface area contributed by atoms with Gasteiger partial charge in [-0.05, 0) is 26.0 Å². The summed E-state index contributed by atoms with van der Waals surface area (Å²) in [4.78, 5) is 11.2. The number of para-hydroxylation sites is 2. The molecule has 88 valence electrons. The number of hydrogen-bond acceptors (Lipinski definition) is 4. The molecule has 0 fully saturated rings. The van der Waals surface area contributed by atoms with Gasteiger partial charge < -0.3 is 14.2 Å². The van der Waals surface area contributed by atoms with Gasteiger partial charge in [-0.25, -0.2) is 4.79 Å². The number of carbonyl (C=O) groups is 1. The van der Waals surface area contributed by atoms with Crippen molar-refractivity contribution in [3.05, 3.63) is 24.3 Å². The highest BCUT2D eigenvalue weighted by Gasteiger charge is 2.16. The number of rotatable bonds is 5. The van der Waals surface area contributed by atoms with Crippen LogP contribution in [0.3, 0.4) is 0 Å². The lowest BCUT2D eigenvalue weighted by molar-refractivity contribution is -0.147. The molecule has 0 radical (unpaired) electrons. The van der Waals surface area contributed by atoms with Crippen molar-refractivity contribution in [1.29, 1.82) is 0 Å². The Kier molecular flexibility index (Phi) is 4.64. The Bertz CT molecular complexity index is 349. The van der Waals surface area contributed by atoms with Gasteiger partial charge in [0.15, 0.2) is 17.6 Å². The highest BCUT2D eigenvalue weighted by molar-refractivity contribution is 5.74. The minimum atomic E-state index is -0.647. The van der Waals surface area contributed by atoms with Crippen LogP contribution in [0.4, 0.5) is 0 Å². The average molecular weight is 224 g/mol. The van der Waals surface area contributed by atoms with Gasteiger partial charge in [0.2, 0.25) is 0 Å². The lowest BCUT2D eigenvalue weighted by Gasteiger charge is -2.15. The molecule has 0 amide bonds. The van der Waals surface area contributed by atoms with Gasteiger partial charge in [0.1, 0.15) is 0 Å². The first-order chi connectivity index (χ1) is 7.69. The Morgan fingerprint density at radius 3 is 2.50 bits per heavy atom. The molecule has 0 heterocycles. The minimum Gasteiger partial charge on any atom is -0.490 e. The van der Waals surface area contributed by atoms with E-state index in [1.807, 2.05) is 19.1 Å². The van der Waals surface area contributed by atoms with E-state index in [1.165, 1.54) is 7.11 Å². The van der Waals surface area contributed by atoms with Crippen LogP contribution in [0.1, 0.15) is 13.8 Å². The Balaban J connectivity index is 2.75. The van der Waals surface area contributed by atoms with E-state index >= 15 is 0 Å². The summed E-state index contributed by atoms with van der Waals surface area (Å²) in [5.74, 6) is 0.759. The molecular formula is C12H16O4. The van der Waals surface area contributed by atoms with E-state index in [9.17, 15) is 4.79 Å². The predicted octanol–water partition coefficient (Wildman–Crippen LogP) is 2.03. The molecular weight excluding hydrogens is 208 g/mol. The monoisotopic (exact) mass is 224 g/mol. The number of methoxy groups -OCH3 is 1. The molecule has 1 rings (SSSR count). The van der Waals surface area contributed by atoms with Gasteiger partial charge in [0.25, 0.3) is 0 Å². The van der Waals surface area contributed by atoms with Crippen LogP contribution in [0.25, 0.3) is 0 Å². The smallest absolute Gasteiger partial charge is 0.346 e. The second-order valence-corrected chi connectivity index (χ2v) is 3.16. The molecule has 0 aliphatic heterocycles. The molecule has 0 saturated heterocycles. The van der Waals surface area contributed by atoms with Crippen LogP contribution in [0.15, 0.2) is 24.3 Å². The molecule has 16 heavy (non-hydrogen) atoms. The van der Waals surface area contributed by atoms with Crippen LogP contribution in [0.2, 0.25) is 0 Å². The molecule has 1 aromatic rings. The molecule has 0 aliphatic carbocycles. The number of esters is 1. The van der Waals surface area contributed by atoms with Crippen molar-refractivity contribution in [3.63, 3.8) is 0 Å². The molecule has 0 saturated carbocycles. The van der Waals surface area contributed by atoms with Crippen LogP contribution < -0.4 is 9.47 Å². The number of benzene rings is 1. The second kappa shape index (κ2) is 6.00. The molecule has 4 heteroatoms. The average Bonchev–Trinajstić information content (AvgIpc) is 2.31. The van der Waals surface area contributed by atoms with Gasteiger partial charge in [-0.1, -0.05) is 12.1 Å². The van der Waals surface area contributed by atoms with Crippen LogP contribution in [0, 0.1) is 0 Å². The fraction of sp³-hybridized carbons (Fsp3) is 0.417. The quantitative estimate of drug-likeness (QED) is 0.718. The van der Waals surface area contributed by atoms with Gasteiger partial charge in [-0.2, -0.15) is 0 Å². The first-order valence-electron chi connectivity index (χ1n) is 5.15. The summed E-state index contributed by atoms with van der Waals surface area (Å²) >= 11 is 0. The summed E-state index contributed by atoms with van der Waals surface area (Å²) in [6, 6.07) is 7.22. The zero-order chi connectivity index (χ0) is 12.0. The van der Waals surface area contributed by atoms with E-state index in [1.54, 1.807) is 19.1 Å². The molecule has 0 bridgehead atoms. The van der Waals surface area contributed by atoms with Crippen LogP contribution in [-0.2, 0) is 9.53 Å². The van der Waals surface area contributed by atoms with Crippen molar-refractivity contribution >= 4 is 5.97 Å². The van der Waals surface area contributed by atoms with Crippen molar-refractivity contribution in [2.45, 2.75) is 20.0 Å². The van der Waals surface area contributed by atoms with E-state index in [-0.39, 0.29) is 0 Å². The predicted molar refractivity (Wildman–Crippen MR) is 59.7 cm³/mol. The third-order valence-electron chi connectivity index (χ3n) is 1.99. The maximum absolute atomic E-state index is 11.2. The summed E-state index contributed by atoms with van der Waals surface area (Å²) in [6.07, 6.45) is -0.647. The number of carbonyl (C=O) groups excluding carboxylic acids is 1.